The van der Waals surface area contributed by atoms with Crippen LogP contribution < -0.4 is 10.1 Å². The molecule has 6 heteroatoms. The Bertz CT molecular complexity index is 786. The lowest BCUT2D eigenvalue weighted by molar-refractivity contribution is 0.0576. The summed E-state index contributed by atoms with van der Waals surface area (Å²) in [5, 5.41) is 10.2. The SMILES string of the molecule is COc1ccccc1-c1[nH]ncc1C(=O)NCC1CCCN2CCCCC12. The number of hydrogen-bond donors (Lipinski definition) is 2. The molecular weight excluding hydrogens is 340 g/mol. The second kappa shape index (κ2) is 8.13. The number of aromatic amines is 1. The van der Waals surface area contributed by atoms with Crippen LogP contribution in [0.4, 0.5) is 0 Å². The lowest BCUT2D eigenvalue weighted by Gasteiger charge is -2.44. The van der Waals surface area contributed by atoms with Crippen LogP contribution in [0.2, 0.25) is 0 Å². The average molecular weight is 368 g/mol. The zero-order valence-electron chi connectivity index (χ0n) is 15.9. The number of nitrogens with one attached hydrogen (secondary N) is 2. The van der Waals surface area contributed by atoms with E-state index in [9.17, 15) is 4.79 Å². The molecule has 2 atom stereocenters. The molecule has 2 aliphatic heterocycles. The number of ether oxygens (including phenoxy) is 1. The predicted molar refractivity (Wildman–Crippen MR) is 105 cm³/mol. The van der Waals surface area contributed by atoms with Gasteiger partial charge in [-0.15, -0.1) is 0 Å². The minimum absolute atomic E-state index is 0.0717. The molecule has 2 fully saturated rings. The Morgan fingerprint density at radius 3 is 3.00 bits per heavy atom. The van der Waals surface area contributed by atoms with Crippen molar-refractivity contribution in [3.05, 3.63) is 36.0 Å². The van der Waals surface area contributed by atoms with E-state index in [0.717, 1.165) is 17.9 Å². The number of carbonyl (C=O) groups is 1. The van der Waals surface area contributed by atoms with Gasteiger partial charge in [0.05, 0.1) is 24.6 Å². The average Bonchev–Trinajstić information content (AvgIpc) is 3.21. The van der Waals surface area contributed by atoms with Crippen LogP contribution in [0, 0.1) is 5.92 Å². The van der Waals surface area contributed by atoms with Gasteiger partial charge in [-0.1, -0.05) is 18.6 Å². The summed E-state index contributed by atoms with van der Waals surface area (Å²) in [5.41, 5.74) is 2.11. The van der Waals surface area contributed by atoms with Crippen molar-refractivity contribution in [3.63, 3.8) is 0 Å². The van der Waals surface area contributed by atoms with Crippen molar-refractivity contribution in [2.75, 3.05) is 26.7 Å². The van der Waals surface area contributed by atoms with E-state index >= 15 is 0 Å². The zero-order valence-corrected chi connectivity index (χ0v) is 15.9. The lowest BCUT2D eigenvalue weighted by atomic mass is 9.83. The second-order valence-corrected chi connectivity index (χ2v) is 7.57. The summed E-state index contributed by atoms with van der Waals surface area (Å²) in [4.78, 5) is 15.5. The maximum absolute atomic E-state index is 12.9. The highest BCUT2D eigenvalue weighted by Gasteiger charge is 2.33. The molecule has 4 rings (SSSR count). The topological polar surface area (TPSA) is 70.2 Å². The van der Waals surface area contributed by atoms with Gasteiger partial charge in [-0.25, -0.2) is 0 Å². The van der Waals surface area contributed by atoms with Gasteiger partial charge < -0.3 is 15.0 Å². The molecule has 1 aromatic carbocycles. The number of aromatic nitrogens is 2. The molecule has 27 heavy (non-hydrogen) atoms. The van der Waals surface area contributed by atoms with Crippen LogP contribution in [0.5, 0.6) is 5.75 Å². The Balaban J connectivity index is 1.46. The molecule has 144 valence electrons. The third kappa shape index (κ3) is 3.72. The molecule has 0 aliphatic carbocycles. The molecule has 0 saturated carbocycles. The first-order chi connectivity index (χ1) is 13.3. The maximum Gasteiger partial charge on any atom is 0.255 e. The van der Waals surface area contributed by atoms with E-state index < -0.39 is 0 Å². The highest BCUT2D eigenvalue weighted by atomic mass is 16.5. The van der Waals surface area contributed by atoms with Gasteiger partial charge in [0, 0.05) is 18.2 Å². The van der Waals surface area contributed by atoms with Crippen LogP contribution in [0.1, 0.15) is 42.5 Å². The van der Waals surface area contributed by atoms with Gasteiger partial charge in [-0.05, 0) is 56.8 Å². The fraction of sp³-hybridized carbons (Fsp3) is 0.524. The van der Waals surface area contributed by atoms with E-state index in [0.29, 0.717) is 23.2 Å². The highest BCUT2D eigenvalue weighted by molar-refractivity contribution is 6.00. The number of H-pyrrole nitrogens is 1. The first-order valence-corrected chi connectivity index (χ1v) is 9.97. The van der Waals surface area contributed by atoms with E-state index in [1.54, 1.807) is 13.3 Å². The number of carbonyl (C=O) groups excluding carboxylic acids is 1. The van der Waals surface area contributed by atoms with Crippen LogP contribution in [-0.2, 0) is 0 Å². The van der Waals surface area contributed by atoms with Gasteiger partial charge in [0.2, 0.25) is 0 Å². The molecule has 0 bridgehead atoms. The standard InChI is InChI=1S/C21H28N4O2/c1-27-19-10-3-2-8-16(19)20-17(14-23-24-20)21(26)22-13-15-7-6-12-25-11-5-4-9-18(15)25/h2-3,8,10,14-15,18H,4-7,9,11-13H2,1H3,(H,22,26)(H,23,24). The molecule has 2 aliphatic rings. The molecular formula is C21H28N4O2. The molecule has 2 aromatic rings. The van der Waals surface area contributed by atoms with Crippen LogP contribution in [0.25, 0.3) is 11.3 Å². The first-order valence-electron chi connectivity index (χ1n) is 9.97. The number of para-hydroxylation sites is 1. The van der Waals surface area contributed by atoms with Crippen LogP contribution >= 0.6 is 0 Å². The summed E-state index contributed by atoms with van der Waals surface area (Å²) in [5.74, 6) is 1.20. The van der Waals surface area contributed by atoms with Crippen LogP contribution in [0.3, 0.4) is 0 Å². The van der Waals surface area contributed by atoms with Crippen LogP contribution in [-0.4, -0.2) is 53.8 Å². The largest absolute Gasteiger partial charge is 0.496 e. The molecule has 2 saturated heterocycles. The third-order valence-corrected chi connectivity index (χ3v) is 6.01. The molecule has 0 spiro atoms. The first kappa shape index (κ1) is 18.0. The minimum Gasteiger partial charge on any atom is -0.496 e. The van der Waals surface area contributed by atoms with E-state index in [-0.39, 0.29) is 5.91 Å². The van der Waals surface area contributed by atoms with Gasteiger partial charge in [-0.2, -0.15) is 5.10 Å². The summed E-state index contributed by atoms with van der Waals surface area (Å²) < 4.78 is 5.43. The lowest BCUT2D eigenvalue weighted by Crippen LogP contribution is -2.51. The van der Waals surface area contributed by atoms with Gasteiger partial charge >= 0.3 is 0 Å². The minimum atomic E-state index is -0.0717. The predicted octanol–water partition coefficient (Wildman–Crippen LogP) is 3.08. The summed E-state index contributed by atoms with van der Waals surface area (Å²) in [6.07, 6.45) is 7.92. The van der Waals surface area contributed by atoms with Crippen molar-refractivity contribution in [3.8, 4) is 17.0 Å². The Kier molecular flexibility index (Phi) is 5.43. The summed E-state index contributed by atoms with van der Waals surface area (Å²) in [6.45, 7) is 3.17. The van der Waals surface area contributed by atoms with Gasteiger partial charge in [0.25, 0.3) is 5.91 Å². The highest BCUT2D eigenvalue weighted by Crippen LogP contribution is 2.32. The Morgan fingerprint density at radius 2 is 2.11 bits per heavy atom. The summed E-state index contributed by atoms with van der Waals surface area (Å²) in [6, 6.07) is 8.30. The summed E-state index contributed by atoms with van der Waals surface area (Å²) in [7, 11) is 1.63. The smallest absolute Gasteiger partial charge is 0.255 e. The normalized spacial score (nSPS) is 22.9. The number of hydrogen-bond acceptors (Lipinski definition) is 4. The Labute approximate surface area is 160 Å². The fourth-order valence-electron chi connectivity index (χ4n) is 4.65. The van der Waals surface area contributed by atoms with Gasteiger partial charge in [0.1, 0.15) is 5.75 Å². The number of nitrogens with zero attached hydrogens (tertiary/aromatic N) is 2. The van der Waals surface area contributed by atoms with E-state index in [2.05, 4.69) is 20.4 Å². The van der Waals surface area contributed by atoms with Crippen molar-refractivity contribution in [2.24, 2.45) is 5.92 Å². The molecule has 2 N–H and O–H groups in total. The van der Waals surface area contributed by atoms with Crippen molar-refractivity contribution in [1.82, 2.24) is 20.4 Å². The van der Waals surface area contributed by atoms with E-state index in [4.69, 9.17) is 4.74 Å². The van der Waals surface area contributed by atoms with E-state index in [1.165, 1.54) is 45.2 Å². The van der Waals surface area contributed by atoms with Gasteiger partial charge in [0.15, 0.2) is 0 Å². The number of benzene rings is 1. The van der Waals surface area contributed by atoms with Gasteiger partial charge in [-0.3, -0.25) is 9.89 Å². The van der Waals surface area contributed by atoms with Crippen molar-refractivity contribution in [2.45, 2.75) is 38.1 Å². The van der Waals surface area contributed by atoms with Crippen molar-refractivity contribution in [1.29, 1.82) is 0 Å². The van der Waals surface area contributed by atoms with Crippen LogP contribution in [0.15, 0.2) is 30.5 Å². The number of piperidine rings is 2. The summed E-state index contributed by atoms with van der Waals surface area (Å²) >= 11 is 0. The monoisotopic (exact) mass is 368 g/mol. The molecule has 1 amide bonds. The maximum atomic E-state index is 12.9. The molecule has 0 radical (unpaired) electrons. The van der Waals surface area contributed by atoms with Crippen molar-refractivity contribution >= 4 is 5.91 Å². The molecule has 2 unspecified atom stereocenters. The number of methoxy groups -OCH3 is 1. The van der Waals surface area contributed by atoms with Crippen molar-refractivity contribution < 1.29 is 9.53 Å². The number of amides is 1. The molecule has 6 nitrogen and oxygen atoms in total. The third-order valence-electron chi connectivity index (χ3n) is 6.01. The quantitative estimate of drug-likeness (QED) is 0.851. The van der Waals surface area contributed by atoms with E-state index in [1.807, 2.05) is 24.3 Å². The number of rotatable bonds is 5. The Hall–Kier alpha value is -2.34. The Morgan fingerprint density at radius 1 is 1.26 bits per heavy atom. The number of fused-ring (bicyclic) bond motifs is 1. The fourth-order valence-corrected chi connectivity index (χ4v) is 4.65. The second-order valence-electron chi connectivity index (χ2n) is 7.57. The molecule has 3 heterocycles. The zero-order chi connectivity index (χ0) is 18.6. The molecule has 1 aromatic heterocycles.